The second-order valence-electron chi connectivity index (χ2n) is 6.98. The summed E-state index contributed by atoms with van der Waals surface area (Å²) < 4.78 is 10.6. The van der Waals surface area contributed by atoms with Gasteiger partial charge in [0.25, 0.3) is 0 Å². The third-order valence-corrected chi connectivity index (χ3v) is 4.57. The van der Waals surface area contributed by atoms with Crippen molar-refractivity contribution in [1.29, 1.82) is 0 Å². The van der Waals surface area contributed by atoms with Gasteiger partial charge in [0.05, 0.1) is 14.2 Å². The van der Waals surface area contributed by atoms with Crippen LogP contribution in [0.25, 0.3) is 0 Å². The van der Waals surface area contributed by atoms with E-state index in [1.54, 1.807) is 28.3 Å². The monoisotopic (exact) mass is 412 g/mol. The highest BCUT2D eigenvalue weighted by molar-refractivity contribution is 5.84. The molecule has 0 radical (unpaired) electrons. The maximum absolute atomic E-state index is 11.9. The van der Waals surface area contributed by atoms with Crippen LogP contribution < -0.4 is 20.1 Å². The molecule has 0 aliphatic rings. The highest BCUT2D eigenvalue weighted by atomic mass is 16.5. The minimum absolute atomic E-state index is 0.0425. The van der Waals surface area contributed by atoms with Crippen molar-refractivity contribution < 1.29 is 14.3 Å². The molecule has 0 spiro atoms. The van der Waals surface area contributed by atoms with Crippen molar-refractivity contribution in [2.75, 3.05) is 47.9 Å². The molecule has 0 saturated heterocycles. The van der Waals surface area contributed by atoms with Crippen molar-refractivity contribution in [3.8, 4) is 11.5 Å². The fourth-order valence-corrected chi connectivity index (χ4v) is 2.79. The van der Waals surface area contributed by atoms with Crippen molar-refractivity contribution in [3.05, 3.63) is 59.7 Å². The molecule has 0 aliphatic heterocycles. The van der Waals surface area contributed by atoms with Crippen LogP contribution in [0.4, 0.5) is 0 Å². The summed E-state index contributed by atoms with van der Waals surface area (Å²) in [6.07, 6.45) is 1.65. The maximum atomic E-state index is 11.9. The van der Waals surface area contributed by atoms with Crippen LogP contribution >= 0.6 is 0 Å². The lowest BCUT2D eigenvalue weighted by Crippen LogP contribution is -2.40. The standard InChI is InChI=1S/C23H32N4O3/c1-27(2)22(28)17-26-23(24-14-12-18-8-6-5-7-9-18)25-15-13-19-10-11-20(29-3)21(16-19)30-4/h5-11,16H,12-15,17H2,1-4H3,(H2,24,25,26). The minimum atomic E-state index is -0.0425. The zero-order valence-corrected chi connectivity index (χ0v) is 18.3. The SMILES string of the molecule is COc1ccc(CCNC(=NCC(=O)N(C)C)NCCc2ccccc2)cc1OC. The van der Waals surface area contributed by atoms with Crippen LogP contribution in [-0.4, -0.2) is 64.7 Å². The number of nitrogens with zero attached hydrogens (tertiary/aromatic N) is 2. The number of benzene rings is 2. The highest BCUT2D eigenvalue weighted by Crippen LogP contribution is 2.27. The van der Waals surface area contributed by atoms with Gasteiger partial charge in [-0.3, -0.25) is 4.79 Å². The fraction of sp³-hybridized carbons (Fsp3) is 0.391. The average Bonchev–Trinajstić information content (AvgIpc) is 2.77. The third kappa shape index (κ3) is 7.66. The molecule has 7 heteroatoms. The summed E-state index contributed by atoms with van der Waals surface area (Å²) in [5.74, 6) is 2.00. The number of carbonyl (C=O) groups excluding carboxylic acids is 1. The van der Waals surface area contributed by atoms with Crippen LogP contribution in [0.5, 0.6) is 11.5 Å². The Hall–Kier alpha value is -3.22. The van der Waals surface area contributed by atoms with Gasteiger partial charge < -0.3 is 25.0 Å². The number of hydrogen-bond donors (Lipinski definition) is 2. The molecule has 2 aromatic carbocycles. The number of aliphatic imine (C=N–C) groups is 1. The van der Waals surface area contributed by atoms with E-state index in [2.05, 4.69) is 27.8 Å². The summed E-state index contributed by atoms with van der Waals surface area (Å²) in [5.41, 5.74) is 2.37. The first-order valence-corrected chi connectivity index (χ1v) is 10.0. The Labute approximate surface area is 179 Å². The first-order valence-electron chi connectivity index (χ1n) is 10.0. The van der Waals surface area contributed by atoms with E-state index in [9.17, 15) is 4.79 Å². The van der Waals surface area contributed by atoms with Crippen molar-refractivity contribution in [2.45, 2.75) is 12.8 Å². The Kier molecular flexibility index (Phi) is 9.51. The number of rotatable bonds is 10. The van der Waals surface area contributed by atoms with E-state index in [-0.39, 0.29) is 12.5 Å². The van der Waals surface area contributed by atoms with Crippen LogP contribution in [0, 0.1) is 0 Å². The van der Waals surface area contributed by atoms with Gasteiger partial charge in [-0.1, -0.05) is 36.4 Å². The van der Waals surface area contributed by atoms with Gasteiger partial charge in [0.2, 0.25) is 5.91 Å². The molecule has 0 aromatic heterocycles. The average molecular weight is 413 g/mol. The number of ether oxygens (including phenoxy) is 2. The number of likely N-dealkylation sites (N-methyl/N-ethyl adjacent to an activating group) is 1. The van der Waals surface area contributed by atoms with E-state index < -0.39 is 0 Å². The summed E-state index contributed by atoms with van der Waals surface area (Å²) >= 11 is 0. The number of nitrogens with one attached hydrogen (secondary N) is 2. The lowest BCUT2D eigenvalue weighted by atomic mass is 10.1. The number of carbonyl (C=O) groups is 1. The Morgan fingerprint density at radius 1 is 0.900 bits per heavy atom. The molecule has 0 saturated carbocycles. The van der Waals surface area contributed by atoms with Gasteiger partial charge in [0, 0.05) is 27.2 Å². The molecular weight excluding hydrogens is 380 g/mol. The van der Waals surface area contributed by atoms with E-state index >= 15 is 0 Å². The molecule has 30 heavy (non-hydrogen) atoms. The second kappa shape index (κ2) is 12.4. The van der Waals surface area contributed by atoms with Crippen LogP contribution in [0.1, 0.15) is 11.1 Å². The van der Waals surface area contributed by atoms with E-state index in [4.69, 9.17) is 9.47 Å². The van der Waals surface area contributed by atoms with Gasteiger partial charge in [-0.05, 0) is 36.1 Å². The maximum Gasteiger partial charge on any atom is 0.243 e. The summed E-state index contributed by atoms with van der Waals surface area (Å²) in [7, 11) is 6.71. The van der Waals surface area contributed by atoms with Crippen molar-refractivity contribution >= 4 is 11.9 Å². The highest BCUT2D eigenvalue weighted by Gasteiger charge is 2.07. The van der Waals surface area contributed by atoms with Gasteiger partial charge in [-0.25, -0.2) is 4.99 Å². The molecule has 2 N–H and O–H groups in total. The Bertz CT molecular complexity index is 822. The van der Waals surface area contributed by atoms with E-state index in [1.807, 2.05) is 36.4 Å². The van der Waals surface area contributed by atoms with Gasteiger partial charge in [0.15, 0.2) is 17.5 Å². The zero-order valence-electron chi connectivity index (χ0n) is 18.3. The predicted octanol–water partition coefficient (Wildman–Crippen LogP) is 2.11. The van der Waals surface area contributed by atoms with Gasteiger partial charge in [0.1, 0.15) is 6.54 Å². The Morgan fingerprint density at radius 2 is 1.53 bits per heavy atom. The number of methoxy groups -OCH3 is 2. The normalized spacial score (nSPS) is 11.0. The number of hydrogen-bond acceptors (Lipinski definition) is 4. The predicted molar refractivity (Wildman–Crippen MR) is 120 cm³/mol. The quantitative estimate of drug-likeness (QED) is 0.462. The van der Waals surface area contributed by atoms with E-state index in [0.717, 1.165) is 24.9 Å². The first-order chi connectivity index (χ1) is 14.5. The molecule has 7 nitrogen and oxygen atoms in total. The molecule has 2 rings (SSSR count). The molecular formula is C23H32N4O3. The number of amides is 1. The zero-order chi connectivity index (χ0) is 21.8. The molecule has 1 amide bonds. The molecule has 162 valence electrons. The second-order valence-corrected chi connectivity index (χ2v) is 6.98. The van der Waals surface area contributed by atoms with E-state index in [1.165, 1.54) is 10.5 Å². The van der Waals surface area contributed by atoms with Crippen molar-refractivity contribution in [3.63, 3.8) is 0 Å². The molecule has 2 aromatic rings. The largest absolute Gasteiger partial charge is 0.493 e. The smallest absolute Gasteiger partial charge is 0.243 e. The fourth-order valence-electron chi connectivity index (χ4n) is 2.79. The van der Waals surface area contributed by atoms with Crippen LogP contribution in [0.2, 0.25) is 0 Å². The topological polar surface area (TPSA) is 75.2 Å². The molecule has 0 bridgehead atoms. The molecule has 0 aliphatic carbocycles. The lowest BCUT2D eigenvalue weighted by molar-refractivity contribution is -0.127. The minimum Gasteiger partial charge on any atom is -0.493 e. The summed E-state index contributed by atoms with van der Waals surface area (Å²) in [6, 6.07) is 16.1. The van der Waals surface area contributed by atoms with Crippen LogP contribution in [0.15, 0.2) is 53.5 Å². The molecule has 0 fully saturated rings. The first kappa shape index (κ1) is 23.1. The molecule has 0 atom stereocenters. The molecule has 0 unspecified atom stereocenters. The van der Waals surface area contributed by atoms with Crippen molar-refractivity contribution in [2.24, 2.45) is 4.99 Å². The number of guanidine groups is 1. The molecule has 0 heterocycles. The van der Waals surface area contributed by atoms with Crippen molar-refractivity contribution in [1.82, 2.24) is 15.5 Å². The van der Waals surface area contributed by atoms with Gasteiger partial charge in [-0.15, -0.1) is 0 Å². The lowest BCUT2D eigenvalue weighted by Gasteiger charge is -2.14. The Morgan fingerprint density at radius 3 is 2.13 bits per heavy atom. The summed E-state index contributed by atoms with van der Waals surface area (Å²) in [5, 5.41) is 6.62. The Balaban J connectivity index is 1.92. The van der Waals surface area contributed by atoms with Gasteiger partial charge in [-0.2, -0.15) is 0 Å². The van der Waals surface area contributed by atoms with Crippen LogP contribution in [-0.2, 0) is 17.6 Å². The summed E-state index contributed by atoms with van der Waals surface area (Å²) in [4.78, 5) is 17.9. The van der Waals surface area contributed by atoms with Gasteiger partial charge >= 0.3 is 0 Å². The van der Waals surface area contributed by atoms with Crippen LogP contribution in [0.3, 0.4) is 0 Å². The summed E-state index contributed by atoms with van der Waals surface area (Å²) in [6.45, 7) is 1.50. The van der Waals surface area contributed by atoms with E-state index in [0.29, 0.717) is 24.0 Å². The third-order valence-electron chi connectivity index (χ3n) is 4.57.